The minimum Gasteiger partial charge on any atom is -0.465 e. The molecule has 0 aliphatic rings. The van der Waals surface area contributed by atoms with Crippen molar-refractivity contribution in [3.63, 3.8) is 0 Å². The Labute approximate surface area is 81.4 Å². The Bertz CT molecular complexity index is 267. The number of hydrogen-bond acceptors (Lipinski definition) is 4. The monoisotopic (exact) mass is 224 g/mol. The quantitative estimate of drug-likeness (QED) is 0.385. The standard InChI is InChI=1S/C7H13O6P/c1-3-13-7(9)6(5(2)8)4-14(10,11)12/h6H,3-4H2,1-2H3,(H2,10,11,12). The Morgan fingerprint density at radius 3 is 2.21 bits per heavy atom. The normalized spacial score (nSPS) is 13.4. The number of rotatable bonds is 5. The topological polar surface area (TPSA) is 101 Å². The summed E-state index contributed by atoms with van der Waals surface area (Å²) in [7, 11) is -4.37. The lowest BCUT2D eigenvalue weighted by molar-refractivity contribution is -0.150. The Hall–Kier alpha value is -0.710. The van der Waals surface area contributed by atoms with Gasteiger partial charge in [0, 0.05) is 0 Å². The lowest BCUT2D eigenvalue weighted by atomic mass is 10.1. The molecule has 0 rings (SSSR count). The molecule has 0 amide bonds. The maximum atomic E-state index is 11.1. The first-order valence-electron chi connectivity index (χ1n) is 3.99. The fourth-order valence-electron chi connectivity index (χ4n) is 0.850. The van der Waals surface area contributed by atoms with E-state index in [9.17, 15) is 14.2 Å². The zero-order chi connectivity index (χ0) is 11.4. The second kappa shape index (κ2) is 5.24. The summed E-state index contributed by atoms with van der Waals surface area (Å²) < 4.78 is 15.1. The molecule has 0 aliphatic carbocycles. The maximum absolute atomic E-state index is 11.1. The summed E-state index contributed by atoms with van der Waals surface area (Å²) in [4.78, 5) is 39.2. The van der Waals surface area contributed by atoms with Gasteiger partial charge in [-0.3, -0.25) is 14.2 Å². The van der Waals surface area contributed by atoms with Crippen LogP contribution < -0.4 is 0 Å². The molecule has 6 nitrogen and oxygen atoms in total. The predicted octanol–water partition coefficient (Wildman–Crippen LogP) is -0.0676. The molecule has 0 heterocycles. The van der Waals surface area contributed by atoms with Gasteiger partial charge in [0.05, 0.1) is 12.8 Å². The lowest BCUT2D eigenvalue weighted by Gasteiger charge is -2.12. The average molecular weight is 224 g/mol. The Morgan fingerprint density at radius 1 is 1.43 bits per heavy atom. The van der Waals surface area contributed by atoms with E-state index in [1.807, 2.05) is 0 Å². The van der Waals surface area contributed by atoms with Gasteiger partial charge in [0.1, 0.15) is 11.7 Å². The summed E-state index contributed by atoms with van der Waals surface area (Å²) >= 11 is 0. The van der Waals surface area contributed by atoms with Crippen molar-refractivity contribution in [2.45, 2.75) is 13.8 Å². The second-order valence-electron chi connectivity index (χ2n) is 2.76. The molecule has 82 valence electrons. The molecule has 1 unspecified atom stereocenters. The first-order valence-corrected chi connectivity index (χ1v) is 5.79. The maximum Gasteiger partial charge on any atom is 0.326 e. The van der Waals surface area contributed by atoms with Crippen LogP contribution in [0.3, 0.4) is 0 Å². The molecule has 0 saturated carbocycles. The van der Waals surface area contributed by atoms with E-state index in [2.05, 4.69) is 4.74 Å². The number of ether oxygens (including phenoxy) is 1. The van der Waals surface area contributed by atoms with Gasteiger partial charge in [-0.15, -0.1) is 0 Å². The van der Waals surface area contributed by atoms with Crippen LogP contribution in [0.4, 0.5) is 0 Å². The van der Waals surface area contributed by atoms with Crippen LogP contribution in [0.5, 0.6) is 0 Å². The van der Waals surface area contributed by atoms with Crippen LogP contribution >= 0.6 is 7.60 Å². The summed E-state index contributed by atoms with van der Waals surface area (Å²) in [6.45, 7) is 2.72. The molecule has 0 fully saturated rings. The first kappa shape index (κ1) is 13.3. The molecular weight excluding hydrogens is 211 g/mol. The lowest BCUT2D eigenvalue weighted by Crippen LogP contribution is -2.27. The molecular formula is C7H13O6P. The van der Waals surface area contributed by atoms with Gasteiger partial charge in [-0.25, -0.2) is 0 Å². The molecule has 0 aromatic rings. The van der Waals surface area contributed by atoms with Gasteiger partial charge in [-0.05, 0) is 13.8 Å². The Kier molecular flexibility index (Phi) is 4.97. The zero-order valence-electron chi connectivity index (χ0n) is 7.97. The van der Waals surface area contributed by atoms with E-state index in [1.165, 1.54) is 0 Å². The fourth-order valence-corrected chi connectivity index (χ4v) is 1.73. The molecule has 0 aliphatic heterocycles. The second-order valence-corrected chi connectivity index (χ2v) is 4.46. The van der Waals surface area contributed by atoms with E-state index >= 15 is 0 Å². The highest BCUT2D eigenvalue weighted by atomic mass is 31.2. The van der Waals surface area contributed by atoms with Crippen molar-refractivity contribution in [1.82, 2.24) is 0 Å². The molecule has 2 N–H and O–H groups in total. The molecule has 14 heavy (non-hydrogen) atoms. The Balaban J connectivity index is 4.53. The minimum absolute atomic E-state index is 0.0732. The number of carbonyl (C=O) groups is 2. The third-order valence-corrected chi connectivity index (χ3v) is 2.32. The molecule has 0 saturated heterocycles. The van der Waals surface area contributed by atoms with Gasteiger partial charge in [0.25, 0.3) is 0 Å². The van der Waals surface area contributed by atoms with Crippen molar-refractivity contribution in [2.24, 2.45) is 5.92 Å². The molecule has 7 heteroatoms. The van der Waals surface area contributed by atoms with Crippen LogP contribution in [0.15, 0.2) is 0 Å². The van der Waals surface area contributed by atoms with E-state index in [1.54, 1.807) is 6.92 Å². The molecule has 0 radical (unpaired) electrons. The van der Waals surface area contributed by atoms with Crippen LogP contribution in [0.2, 0.25) is 0 Å². The predicted molar refractivity (Wildman–Crippen MR) is 47.7 cm³/mol. The number of carbonyl (C=O) groups excluding carboxylic acids is 2. The smallest absolute Gasteiger partial charge is 0.326 e. The van der Waals surface area contributed by atoms with Crippen LogP contribution in [0.1, 0.15) is 13.8 Å². The van der Waals surface area contributed by atoms with E-state index in [4.69, 9.17) is 9.79 Å². The number of ketones is 1. The highest BCUT2D eigenvalue weighted by Gasteiger charge is 2.32. The van der Waals surface area contributed by atoms with Gasteiger partial charge in [-0.2, -0.15) is 0 Å². The van der Waals surface area contributed by atoms with Crippen molar-refractivity contribution < 1.29 is 28.7 Å². The minimum atomic E-state index is -4.37. The van der Waals surface area contributed by atoms with Crippen LogP contribution in [-0.4, -0.2) is 34.3 Å². The summed E-state index contributed by atoms with van der Waals surface area (Å²) in [5.41, 5.74) is 0. The third kappa shape index (κ3) is 5.11. The zero-order valence-corrected chi connectivity index (χ0v) is 8.86. The Morgan fingerprint density at radius 2 is 1.93 bits per heavy atom. The summed E-state index contributed by atoms with van der Waals surface area (Å²) in [6.07, 6.45) is -0.791. The van der Waals surface area contributed by atoms with Gasteiger partial charge in [-0.1, -0.05) is 0 Å². The van der Waals surface area contributed by atoms with Gasteiger partial charge in [0.2, 0.25) is 0 Å². The van der Waals surface area contributed by atoms with Gasteiger partial charge < -0.3 is 14.5 Å². The van der Waals surface area contributed by atoms with Crippen molar-refractivity contribution in [1.29, 1.82) is 0 Å². The van der Waals surface area contributed by atoms with E-state index in [-0.39, 0.29) is 6.61 Å². The molecule has 0 aromatic heterocycles. The largest absolute Gasteiger partial charge is 0.465 e. The van der Waals surface area contributed by atoms with Crippen LogP contribution in [-0.2, 0) is 18.9 Å². The highest BCUT2D eigenvalue weighted by Crippen LogP contribution is 2.37. The number of Topliss-reactive ketones (excluding diaryl/α,β-unsaturated/α-hetero) is 1. The molecule has 0 aromatic carbocycles. The SMILES string of the molecule is CCOC(=O)C(CP(=O)(O)O)C(C)=O. The molecule has 1 atom stereocenters. The summed E-state index contributed by atoms with van der Waals surface area (Å²) in [6, 6.07) is 0. The third-order valence-electron chi connectivity index (χ3n) is 1.48. The van der Waals surface area contributed by atoms with Crippen LogP contribution in [0.25, 0.3) is 0 Å². The van der Waals surface area contributed by atoms with Crippen molar-refractivity contribution in [3.05, 3.63) is 0 Å². The van der Waals surface area contributed by atoms with E-state index in [0.717, 1.165) is 6.92 Å². The van der Waals surface area contributed by atoms with Gasteiger partial charge >= 0.3 is 13.6 Å². The van der Waals surface area contributed by atoms with Crippen LogP contribution in [0, 0.1) is 5.92 Å². The fraction of sp³-hybridized carbons (Fsp3) is 0.714. The first-order chi connectivity index (χ1) is 6.28. The van der Waals surface area contributed by atoms with Crippen molar-refractivity contribution in [2.75, 3.05) is 12.8 Å². The highest BCUT2D eigenvalue weighted by molar-refractivity contribution is 7.51. The van der Waals surface area contributed by atoms with Crippen molar-refractivity contribution >= 4 is 19.3 Å². The number of esters is 1. The summed E-state index contributed by atoms with van der Waals surface area (Å²) in [5, 5.41) is 0. The number of hydrogen-bond donors (Lipinski definition) is 2. The summed E-state index contributed by atoms with van der Waals surface area (Å²) in [5.74, 6) is -2.86. The van der Waals surface area contributed by atoms with E-state index in [0.29, 0.717) is 0 Å². The van der Waals surface area contributed by atoms with Gasteiger partial charge in [0.15, 0.2) is 0 Å². The molecule has 0 spiro atoms. The average Bonchev–Trinajstić information content (AvgIpc) is 1.98. The van der Waals surface area contributed by atoms with Crippen molar-refractivity contribution in [3.8, 4) is 0 Å². The molecule has 0 bridgehead atoms. The van der Waals surface area contributed by atoms with E-state index < -0.39 is 31.4 Å².